The van der Waals surface area contributed by atoms with Crippen molar-refractivity contribution in [2.75, 3.05) is 18.4 Å². The largest absolute Gasteiger partial charge is 0.459 e. The average molecular weight is 431 g/mol. The molecule has 154 valence electrons. The van der Waals surface area contributed by atoms with Crippen LogP contribution in [0.4, 0.5) is 5.00 Å². The molecule has 4 heterocycles. The number of anilines is 1. The number of ether oxygens (including phenoxy) is 1. The second-order valence-electron chi connectivity index (χ2n) is 7.59. The molecule has 1 N–H and O–H groups in total. The summed E-state index contributed by atoms with van der Waals surface area (Å²) in [7, 11) is 0. The fourth-order valence-corrected chi connectivity index (χ4v) is 5.97. The number of furan rings is 1. The number of carbonyl (C=O) groups is 1. The van der Waals surface area contributed by atoms with Crippen LogP contribution in [0.5, 0.6) is 0 Å². The van der Waals surface area contributed by atoms with Crippen LogP contribution >= 0.6 is 22.7 Å². The highest BCUT2D eigenvalue weighted by Crippen LogP contribution is 2.44. The molecule has 1 aliphatic rings. The van der Waals surface area contributed by atoms with Crippen molar-refractivity contribution < 1.29 is 13.9 Å². The Labute approximate surface area is 179 Å². The van der Waals surface area contributed by atoms with Gasteiger partial charge >= 0.3 is 0 Å². The molecule has 3 aromatic rings. The van der Waals surface area contributed by atoms with Gasteiger partial charge in [-0.25, -0.2) is 0 Å². The lowest BCUT2D eigenvalue weighted by molar-refractivity contribution is -0.0762. The van der Waals surface area contributed by atoms with Gasteiger partial charge in [0.1, 0.15) is 5.00 Å². The van der Waals surface area contributed by atoms with E-state index >= 15 is 0 Å². The topological polar surface area (TPSA) is 54.7 Å². The third-order valence-corrected chi connectivity index (χ3v) is 7.37. The van der Waals surface area contributed by atoms with Crippen molar-refractivity contribution >= 4 is 33.6 Å². The minimum atomic E-state index is -0.217. The highest BCUT2D eigenvalue weighted by atomic mass is 32.1. The molecule has 1 aliphatic heterocycles. The van der Waals surface area contributed by atoms with Crippen LogP contribution < -0.4 is 5.32 Å². The van der Waals surface area contributed by atoms with Crippen molar-refractivity contribution in [1.29, 1.82) is 0 Å². The Balaban J connectivity index is 1.75. The molecule has 0 aliphatic carbocycles. The molecule has 1 amide bonds. The number of nitrogens with one attached hydrogen (secondary N) is 1. The second kappa shape index (κ2) is 8.44. The van der Waals surface area contributed by atoms with Gasteiger partial charge in [0.15, 0.2) is 5.76 Å². The van der Waals surface area contributed by atoms with Gasteiger partial charge in [0.2, 0.25) is 0 Å². The van der Waals surface area contributed by atoms with E-state index in [2.05, 4.69) is 55.4 Å². The van der Waals surface area contributed by atoms with Crippen LogP contribution in [0.2, 0.25) is 0 Å². The third kappa shape index (κ3) is 4.19. The molecule has 1 saturated heterocycles. The van der Waals surface area contributed by atoms with Crippen LogP contribution in [-0.4, -0.2) is 36.1 Å². The molecule has 0 aromatic carbocycles. The Morgan fingerprint density at radius 3 is 2.59 bits per heavy atom. The molecular formula is C22H26N2O3S2. The van der Waals surface area contributed by atoms with Gasteiger partial charge in [0.05, 0.1) is 24.5 Å². The molecule has 5 nitrogen and oxygen atoms in total. The summed E-state index contributed by atoms with van der Waals surface area (Å²) in [5.74, 6) is 0.104. The Morgan fingerprint density at radius 2 is 1.97 bits per heavy atom. The summed E-state index contributed by atoms with van der Waals surface area (Å²) in [6.07, 6.45) is 1.86. The Morgan fingerprint density at radius 1 is 1.21 bits per heavy atom. The number of hydrogen-bond donors (Lipinski definition) is 1. The molecule has 7 heteroatoms. The quantitative estimate of drug-likeness (QED) is 0.583. The number of thiophene rings is 2. The van der Waals surface area contributed by atoms with Crippen LogP contribution in [0.3, 0.4) is 0 Å². The maximum absolute atomic E-state index is 12.7. The van der Waals surface area contributed by atoms with Gasteiger partial charge in [0.25, 0.3) is 5.91 Å². The third-order valence-electron chi connectivity index (χ3n) is 5.30. The monoisotopic (exact) mass is 430 g/mol. The number of nitrogens with zero attached hydrogens (tertiary/aromatic N) is 1. The standard InChI is InChI=1S/C22H26N2O3S2/c1-13-11-24(12-14(2)27-13)20(18-8-6-10-28-18)19-15(3)16(4)29-22(19)23-21(25)17-7-5-9-26-17/h5-10,13-14,20H,11-12H2,1-4H3,(H,23,25)/t13-,14+,20-/m0/s1. The highest BCUT2D eigenvalue weighted by molar-refractivity contribution is 7.16. The van der Waals surface area contributed by atoms with E-state index in [-0.39, 0.29) is 24.2 Å². The number of aryl methyl sites for hydroxylation is 1. The summed E-state index contributed by atoms with van der Waals surface area (Å²) in [5, 5.41) is 6.12. The first-order valence-corrected chi connectivity index (χ1v) is 11.5. The lowest BCUT2D eigenvalue weighted by Crippen LogP contribution is -2.47. The van der Waals surface area contributed by atoms with Crippen molar-refractivity contribution in [3.8, 4) is 0 Å². The molecule has 3 aromatic heterocycles. The van der Waals surface area contributed by atoms with E-state index in [9.17, 15) is 4.79 Å². The molecule has 29 heavy (non-hydrogen) atoms. The van der Waals surface area contributed by atoms with E-state index in [4.69, 9.17) is 9.15 Å². The Bertz CT molecular complexity index is 953. The summed E-state index contributed by atoms with van der Waals surface area (Å²) in [6, 6.07) is 7.78. The van der Waals surface area contributed by atoms with Crippen molar-refractivity contribution in [3.05, 3.63) is 62.6 Å². The molecule has 0 saturated carbocycles. The van der Waals surface area contributed by atoms with Crippen LogP contribution in [0.25, 0.3) is 0 Å². The molecule has 1 fully saturated rings. The van der Waals surface area contributed by atoms with E-state index in [1.54, 1.807) is 34.8 Å². The maximum atomic E-state index is 12.7. The lowest BCUT2D eigenvalue weighted by Gasteiger charge is -2.40. The van der Waals surface area contributed by atoms with Gasteiger partial charge in [-0.05, 0) is 56.8 Å². The van der Waals surface area contributed by atoms with Gasteiger partial charge < -0.3 is 14.5 Å². The molecule has 4 rings (SSSR count). The zero-order valence-corrected chi connectivity index (χ0v) is 18.7. The van der Waals surface area contributed by atoms with Gasteiger partial charge in [-0.3, -0.25) is 9.69 Å². The van der Waals surface area contributed by atoms with Gasteiger partial charge in [-0.1, -0.05) is 6.07 Å². The summed E-state index contributed by atoms with van der Waals surface area (Å²) < 4.78 is 11.3. The Kier molecular flexibility index (Phi) is 5.92. The van der Waals surface area contributed by atoms with Gasteiger partial charge in [0, 0.05) is 28.4 Å². The lowest BCUT2D eigenvalue weighted by atomic mass is 9.99. The molecule has 3 atom stereocenters. The van der Waals surface area contributed by atoms with Crippen molar-refractivity contribution in [1.82, 2.24) is 4.90 Å². The first-order chi connectivity index (χ1) is 13.9. The SMILES string of the molecule is Cc1sc(NC(=O)c2ccco2)c([C@H](c2cccs2)N2C[C@@H](C)O[C@@H](C)C2)c1C. The fourth-order valence-electron chi connectivity index (χ4n) is 4.02. The van der Waals surface area contributed by atoms with Crippen LogP contribution in [0.15, 0.2) is 40.3 Å². The number of carbonyl (C=O) groups excluding carboxylic acids is 1. The summed E-state index contributed by atoms with van der Waals surface area (Å²) in [4.78, 5) is 17.7. The maximum Gasteiger partial charge on any atom is 0.291 e. The first kappa shape index (κ1) is 20.3. The van der Waals surface area contributed by atoms with Crippen molar-refractivity contribution in [2.45, 2.75) is 45.9 Å². The molecular weight excluding hydrogens is 404 g/mol. The summed E-state index contributed by atoms with van der Waals surface area (Å²) in [6.45, 7) is 10.2. The normalized spacial score (nSPS) is 21.2. The zero-order valence-electron chi connectivity index (χ0n) is 17.1. The summed E-state index contributed by atoms with van der Waals surface area (Å²) >= 11 is 3.39. The second-order valence-corrected chi connectivity index (χ2v) is 9.79. The van der Waals surface area contributed by atoms with Gasteiger partial charge in [-0.2, -0.15) is 0 Å². The van der Waals surface area contributed by atoms with Crippen LogP contribution in [0, 0.1) is 13.8 Å². The molecule has 0 radical (unpaired) electrons. The van der Waals surface area contributed by atoms with E-state index in [0.29, 0.717) is 5.76 Å². The van der Waals surface area contributed by atoms with Crippen LogP contribution in [0.1, 0.15) is 51.3 Å². The predicted octanol–water partition coefficient (Wildman–Crippen LogP) is 5.47. The van der Waals surface area contributed by atoms with Gasteiger partial charge in [-0.15, -0.1) is 22.7 Å². The average Bonchev–Trinajstić information content (AvgIpc) is 3.41. The van der Waals surface area contributed by atoms with E-state index in [0.717, 1.165) is 18.1 Å². The first-order valence-electron chi connectivity index (χ1n) is 9.81. The van der Waals surface area contributed by atoms with Crippen molar-refractivity contribution in [3.63, 3.8) is 0 Å². The Hall–Kier alpha value is -1.93. The van der Waals surface area contributed by atoms with E-state index in [1.807, 2.05) is 0 Å². The molecule has 0 spiro atoms. The minimum absolute atomic E-state index is 0.0839. The predicted molar refractivity (Wildman–Crippen MR) is 118 cm³/mol. The molecule has 0 unspecified atom stereocenters. The van der Waals surface area contributed by atoms with Crippen LogP contribution in [-0.2, 0) is 4.74 Å². The number of amides is 1. The van der Waals surface area contributed by atoms with Crippen molar-refractivity contribution in [2.24, 2.45) is 0 Å². The smallest absolute Gasteiger partial charge is 0.291 e. The number of rotatable bonds is 5. The fraction of sp³-hybridized carbons (Fsp3) is 0.409. The number of hydrogen-bond acceptors (Lipinski definition) is 6. The zero-order chi connectivity index (χ0) is 20.5. The minimum Gasteiger partial charge on any atom is -0.459 e. The highest BCUT2D eigenvalue weighted by Gasteiger charge is 2.34. The molecule has 0 bridgehead atoms. The number of morpholine rings is 1. The van der Waals surface area contributed by atoms with E-state index in [1.165, 1.54) is 27.1 Å². The van der Waals surface area contributed by atoms with E-state index < -0.39 is 0 Å². The summed E-state index contributed by atoms with van der Waals surface area (Å²) in [5.41, 5.74) is 2.41.